The van der Waals surface area contributed by atoms with Gasteiger partial charge in [-0.15, -0.1) is 0 Å². The molecule has 26 heavy (non-hydrogen) atoms. The van der Waals surface area contributed by atoms with Gasteiger partial charge >= 0.3 is 0 Å². The smallest absolute Gasteiger partial charge is 0.226 e. The summed E-state index contributed by atoms with van der Waals surface area (Å²) in [5.41, 5.74) is 6.96. The van der Waals surface area contributed by atoms with Crippen LogP contribution in [0.4, 0.5) is 5.82 Å². The number of hydrogen-bond acceptors (Lipinski definition) is 5. The molecule has 2 aromatic rings. The Hall–Kier alpha value is -2.47. The zero-order valence-electron chi connectivity index (χ0n) is 15.0. The van der Waals surface area contributed by atoms with E-state index in [1.54, 1.807) is 0 Å². The molecule has 1 fully saturated rings. The van der Waals surface area contributed by atoms with Crippen LogP contribution in [0.15, 0.2) is 36.4 Å². The molecular weight excluding hydrogens is 326 g/mol. The van der Waals surface area contributed by atoms with Gasteiger partial charge in [-0.2, -0.15) is 0 Å². The minimum absolute atomic E-state index is 0.176. The summed E-state index contributed by atoms with van der Waals surface area (Å²) in [6.45, 7) is 3.93. The molecule has 4 rings (SSSR count). The molecule has 0 spiro atoms. The molecule has 1 atom stereocenters. The SMILES string of the molecule is Nc1nc(CN2CCN(C(=O)C3CC=CCC3)CC2)nc2ccccc12. The Morgan fingerprint density at radius 2 is 1.92 bits per heavy atom. The number of piperazine rings is 1. The van der Waals surface area contributed by atoms with E-state index in [-0.39, 0.29) is 5.92 Å². The molecule has 1 aromatic carbocycles. The van der Waals surface area contributed by atoms with Gasteiger partial charge in [-0.1, -0.05) is 24.3 Å². The Balaban J connectivity index is 1.36. The molecule has 6 nitrogen and oxygen atoms in total. The van der Waals surface area contributed by atoms with Crippen molar-refractivity contribution in [2.45, 2.75) is 25.8 Å². The lowest BCUT2D eigenvalue weighted by atomic mass is 9.93. The summed E-state index contributed by atoms with van der Waals surface area (Å²) in [5, 5.41) is 0.896. The number of rotatable bonds is 3. The fourth-order valence-electron chi connectivity index (χ4n) is 3.82. The maximum atomic E-state index is 12.6. The Labute approximate surface area is 153 Å². The van der Waals surface area contributed by atoms with Crippen LogP contribution in [0.25, 0.3) is 10.9 Å². The van der Waals surface area contributed by atoms with Crippen LogP contribution in [0.1, 0.15) is 25.1 Å². The van der Waals surface area contributed by atoms with E-state index in [9.17, 15) is 4.79 Å². The van der Waals surface area contributed by atoms with Crippen molar-refractivity contribution in [3.05, 3.63) is 42.2 Å². The third kappa shape index (κ3) is 3.55. The summed E-state index contributed by atoms with van der Waals surface area (Å²) in [7, 11) is 0. The van der Waals surface area contributed by atoms with Crippen molar-refractivity contribution in [2.75, 3.05) is 31.9 Å². The second-order valence-corrected chi connectivity index (χ2v) is 7.13. The Kier molecular flexibility index (Phi) is 4.84. The normalized spacial score (nSPS) is 21.2. The lowest BCUT2D eigenvalue weighted by Gasteiger charge is -2.36. The number of allylic oxidation sites excluding steroid dienone is 2. The predicted molar refractivity (Wildman–Crippen MR) is 102 cm³/mol. The third-order valence-corrected chi connectivity index (χ3v) is 5.35. The quantitative estimate of drug-likeness (QED) is 0.858. The van der Waals surface area contributed by atoms with Crippen molar-refractivity contribution in [3.8, 4) is 0 Å². The Morgan fingerprint density at radius 3 is 2.69 bits per heavy atom. The van der Waals surface area contributed by atoms with Crippen molar-refractivity contribution in [3.63, 3.8) is 0 Å². The first-order chi connectivity index (χ1) is 12.7. The molecular formula is C20H25N5O. The molecule has 2 heterocycles. The van der Waals surface area contributed by atoms with Crippen LogP contribution in [-0.2, 0) is 11.3 Å². The molecule has 1 saturated heterocycles. The fourth-order valence-corrected chi connectivity index (χ4v) is 3.82. The molecule has 136 valence electrons. The van der Waals surface area contributed by atoms with Crippen molar-refractivity contribution in [1.29, 1.82) is 0 Å². The van der Waals surface area contributed by atoms with Gasteiger partial charge in [0.2, 0.25) is 5.91 Å². The van der Waals surface area contributed by atoms with Crippen LogP contribution < -0.4 is 5.73 Å². The average Bonchev–Trinajstić information content (AvgIpc) is 2.69. The minimum atomic E-state index is 0.176. The van der Waals surface area contributed by atoms with Gasteiger partial charge in [-0.25, -0.2) is 9.97 Å². The van der Waals surface area contributed by atoms with Crippen molar-refractivity contribution >= 4 is 22.6 Å². The average molecular weight is 351 g/mol. The number of hydrogen-bond donors (Lipinski definition) is 1. The van der Waals surface area contributed by atoms with Crippen molar-refractivity contribution in [2.24, 2.45) is 5.92 Å². The van der Waals surface area contributed by atoms with E-state index in [0.29, 0.717) is 18.3 Å². The van der Waals surface area contributed by atoms with E-state index >= 15 is 0 Å². The number of benzene rings is 1. The number of aromatic nitrogens is 2. The molecule has 2 aliphatic rings. The van der Waals surface area contributed by atoms with Crippen LogP contribution in [0.5, 0.6) is 0 Å². The van der Waals surface area contributed by atoms with E-state index in [0.717, 1.165) is 62.2 Å². The number of carbonyl (C=O) groups is 1. The largest absolute Gasteiger partial charge is 0.383 e. The summed E-state index contributed by atoms with van der Waals surface area (Å²) in [4.78, 5) is 26.1. The lowest BCUT2D eigenvalue weighted by Crippen LogP contribution is -2.50. The number of anilines is 1. The van der Waals surface area contributed by atoms with Crippen LogP contribution in [0, 0.1) is 5.92 Å². The van der Waals surface area contributed by atoms with Gasteiger partial charge in [0.25, 0.3) is 0 Å². The van der Waals surface area contributed by atoms with E-state index < -0.39 is 0 Å². The maximum Gasteiger partial charge on any atom is 0.226 e. The fraction of sp³-hybridized carbons (Fsp3) is 0.450. The summed E-state index contributed by atoms with van der Waals surface area (Å²) in [6, 6.07) is 7.81. The van der Waals surface area contributed by atoms with E-state index in [1.807, 2.05) is 29.2 Å². The number of nitrogen functional groups attached to an aromatic ring is 1. The molecule has 1 unspecified atom stereocenters. The Bertz CT molecular complexity index is 826. The van der Waals surface area contributed by atoms with Crippen molar-refractivity contribution < 1.29 is 4.79 Å². The highest BCUT2D eigenvalue weighted by Gasteiger charge is 2.27. The second kappa shape index (κ2) is 7.41. The summed E-state index contributed by atoms with van der Waals surface area (Å²) < 4.78 is 0. The Morgan fingerprint density at radius 1 is 1.12 bits per heavy atom. The molecule has 6 heteroatoms. The molecule has 0 saturated carbocycles. The van der Waals surface area contributed by atoms with Crippen LogP contribution >= 0.6 is 0 Å². The molecule has 1 aromatic heterocycles. The molecule has 0 radical (unpaired) electrons. The molecule has 0 bridgehead atoms. The monoisotopic (exact) mass is 351 g/mol. The highest BCUT2D eigenvalue weighted by Crippen LogP contribution is 2.22. The van der Waals surface area contributed by atoms with Gasteiger partial charge in [-0.05, 0) is 31.4 Å². The molecule has 1 aliphatic carbocycles. The molecule has 1 aliphatic heterocycles. The minimum Gasteiger partial charge on any atom is -0.383 e. The van der Waals surface area contributed by atoms with Crippen LogP contribution in [0.3, 0.4) is 0 Å². The number of nitrogens with zero attached hydrogens (tertiary/aromatic N) is 4. The number of nitrogens with two attached hydrogens (primary N) is 1. The summed E-state index contributed by atoms with van der Waals surface area (Å²) >= 11 is 0. The number of amides is 1. The lowest BCUT2D eigenvalue weighted by molar-refractivity contribution is -0.137. The highest BCUT2D eigenvalue weighted by atomic mass is 16.2. The first-order valence-corrected chi connectivity index (χ1v) is 9.38. The van der Waals surface area contributed by atoms with Gasteiger partial charge in [0.05, 0.1) is 12.1 Å². The standard InChI is InChI=1S/C20H25N5O/c21-19-16-8-4-5-9-17(16)22-18(23-19)14-24-10-12-25(13-11-24)20(26)15-6-2-1-3-7-15/h1-2,4-5,8-9,15H,3,6-7,10-14H2,(H2,21,22,23). The molecule has 1 amide bonds. The van der Waals surface area contributed by atoms with Gasteiger partial charge in [0.15, 0.2) is 0 Å². The summed E-state index contributed by atoms with van der Waals surface area (Å²) in [6.07, 6.45) is 7.22. The van der Waals surface area contributed by atoms with Gasteiger partial charge < -0.3 is 10.6 Å². The van der Waals surface area contributed by atoms with Gasteiger partial charge in [0.1, 0.15) is 11.6 Å². The number of fused-ring (bicyclic) bond motifs is 1. The highest BCUT2D eigenvalue weighted by molar-refractivity contribution is 5.87. The van der Waals surface area contributed by atoms with Gasteiger partial charge in [0, 0.05) is 37.5 Å². The second-order valence-electron chi connectivity index (χ2n) is 7.13. The van der Waals surface area contributed by atoms with Crippen LogP contribution in [-0.4, -0.2) is 51.9 Å². The zero-order chi connectivity index (χ0) is 17.9. The third-order valence-electron chi connectivity index (χ3n) is 5.35. The van der Waals surface area contributed by atoms with Crippen molar-refractivity contribution in [1.82, 2.24) is 19.8 Å². The molecule has 2 N–H and O–H groups in total. The summed E-state index contributed by atoms with van der Waals surface area (Å²) in [5.74, 6) is 1.78. The first-order valence-electron chi connectivity index (χ1n) is 9.38. The number of para-hydroxylation sites is 1. The van der Waals surface area contributed by atoms with E-state index in [2.05, 4.69) is 27.0 Å². The first kappa shape index (κ1) is 17.0. The van der Waals surface area contributed by atoms with E-state index in [1.165, 1.54) is 0 Å². The van der Waals surface area contributed by atoms with E-state index in [4.69, 9.17) is 5.73 Å². The van der Waals surface area contributed by atoms with Crippen LogP contribution in [0.2, 0.25) is 0 Å². The maximum absolute atomic E-state index is 12.6. The van der Waals surface area contributed by atoms with Gasteiger partial charge in [-0.3, -0.25) is 9.69 Å². The topological polar surface area (TPSA) is 75.3 Å². The predicted octanol–water partition coefficient (Wildman–Crippen LogP) is 2.21. The zero-order valence-corrected chi connectivity index (χ0v) is 15.0. The number of carbonyl (C=O) groups excluding carboxylic acids is 1.